The molecule has 2 aliphatic heterocycles. The molecule has 0 aromatic heterocycles. The Hall–Kier alpha value is -6.04. The first-order valence-electron chi connectivity index (χ1n) is 15.9. The molecule has 0 bridgehead atoms. The van der Waals surface area contributed by atoms with Crippen molar-refractivity contribution in [1.29, 1.82) is 0 Å². The van der Waals surface area contributed by atoms with E-state index in [1.807, 2.05) is 30.3 Å². The van der Waals surface area contributed by atoms with Gasteiger partial charge in [0.15, 0.2) is 6.04 Å². The SMILES string of the molecule is O=C(Nc1cccc(CC(=O)OCc2ccccc2)c1)NC1C(=O)N(CC(=O)N2CCCC2)c2ccccc2N(c2ccccc2F)C1=O. The van der Waals surface area contributed by atoms with Crippen LogP contribution in [0.15, 0.2) is 103 Å². The van der Waals surface area contributed by atoms with Gasteiger partial charge in [0.1, 0.15) is 19.0 Å². The molecule has 5 amide bonds. The Morgan fingerprint density at radius 2 is 1.41 bits per heavy atom. The van der Waals surface area contributed by atoms with Crippen LogP contribution in [0.3, 0.4) is 0 Å². The minimum Gasteiger partial charge on any atom is -0.461 e. The maximum absolute atomic E-state index is 15.2. The maximum atomic E-state index is 15.2. The molecule has 2 N–H and O–H groups in total. The number of carbonyl (C=O) groups excluding carboxylic acids is 5. The molecule has 1 fully saturated rings. The second kappa shape index (κ2) is 14.8. The third kappa shape index (κ3) is 7.59. The molecule has 6 rings (SSSR count). The summed E-state index contributed by atoms with van der Waals surface area (Å²) < 4.78 is 20.6. The van der Waals surface area contributed by atoms with Crippen LogP contribution < -0.4 is 20.4 Å². The Kier molecular flexibility index (Phi) is 9.93. The molecule has 0 spiro atoms. The van der Waals surface area contributed by atoms with Crippen LogP contribution in [0.4, 0.5) is 31.9 Å². The zero-order chi connectivity index (χ0) is 34.3. The van der Waals surface area contributed by atoms with Gasteiger partial charge in [0.25, 0.3) is 11.8 Å². The summed E-state index contributed by atoms with van der Waals surface area (Å²) in [5, 5.41) is 5.08. The van der Waals surface area contributed by atoms with Crippen molar-refractivity contribution in [3.8, 4) is 0 Å². The van der Waals surface area contributed by atoms with E-state index < -0.39 is 35.7 Å². The molecule has 4 aromatic rings. The van der Waals surface area contributed by atoms with Crippen molar-refractivity contribution in [2.45, 2.75) is 31.9 Å². The highest BCUT2D eigenvalue weighted by Gasteiger charge is 2.43. The van der Waals surface area contributed by atoms with Crippen LogP contribution in [0.5, 0.6) is 0 Å². The van der Waals surface area contributed by atoms with Gasteiger partial charge in [0.2, 0.25) is 5.91 Å². The highest BCUT2D eigenvalue weighted by Crippen LogP contribution is 2.39. The van der Waals surface area contributed by atoms with Crippen molar-refractivity contribution in [2.24, 2.45) is 0 Å². The van der Waals surface area contributed by atoms with Crippen molar-refractivity contribution in [1.82, 2.24) is 10.2 Å². The number of rotatable bonds is 9. The monoisotopic (exact) mass is 663 g/mol. The summed E-state index contributed by atoms with van der Waals surface area (Å²) >= 11 is 0. The number of ether oxygens (including phenoxy) is 1. The molecule has 1 unspecified atom stereocenters. The van der Waals surface area contributed by atoms with E-state index in [9.17, 15) is 24.0 Å². The molecular formula is C37H34FN5O6. The molecule has 1 atom stereocenters. The Bertz CT molecular complexity index is 1880. The molecule has 0 saturated carbocycles. The Labute approximate surface area is 282 Å². The number of carbonyl (C=O) groups is 5. The number of nitrogens with zero attached hydrogens (tertiary/aromatic N) is 3. The number of hydrogen-bond acceptors (Lipinski definition) is 6. The molecule has 12 heteroatoms. The first-order chi connectivity index (χ1) is 23.8. The number of esters is 1. The number of nitrogens with one attached hydrogen (secondary N) is 2. The Morgan fingerprint density at radius 1 is 0.755 bits per heavy atom. The lowest BCUT2D eigenvalue weighted by Crippen LogP contribution is -2.56. The summed E-state index contributed by atoms with van der Waals surface area (Å²) in [6.45, 7) is 0.849. The number of hydrogen-bond donors (Lipinski definition) is 2. The van der Waals surface area contributed by atoms with E-state index in [1.54, 1.807) is 59.5 Å². The first kappa shape index (κ1) is 32.9. The summed E-state index contributed by atoms with van der Waals surface area (Å²) in [7, 11) is 0. The molecule has 2 heterocycles. The van der Waals surface area contributed by atoms with Gasteiger partial charge in [0, 0.05) is 18.8 Å². The zero-order valence-corrected chi connectivity index (χ0v) is 26.5. The van der Waals surface area contributed by atoms with E-state index in [0.717, 1.165) is 23.3 Å². The number of fused-ring (bicyclic) bond motifs is 1. The van der Waals surface area contributed by atoms with Gasteiger partial charge < -0.3 is 20.3 Å². The van der Waals surface area contributed by atoms with Crippen LogP contribution in [0.2, 0.25) is 0 Å². The minimum atomic E-state index is -1.82. The van der Waals surface area contributed by atoms with Gasteiger partial charge in [-0.1, -0.05) is 66.7 Å². The molecule has 0 radical (unpaired) electrons. The van der Waals surface area contributed by atoms with Gasteiger partial charge in [-0.2, -0.15) is 0 Å². The van der Waals surface area contributed by atoms with Crippen LogP contribution >= 0.6 is 0 Å². The van der Waals surface area contributed by atoms with Crippen molar-refractivity contribution >= 4 is 52.5 Å². The van der Waals surface area contributed by atoms with E-state index in [-0.39, 0.29) is 48.2 Å². The van der Waals surface area contributed by atoms with Crippen molar-refractivity contribution in [3.05, 3.63) is 120 Å². The predicted molar refractivity (Wildman–Crippen MR) is 180 cm³/mol. The normalized spacial score (nSPS) is 15.8. The maximum Gasteiger partial charge on any atom is 0.320 e. The summed E-state index contributed by atoms with van der Waals surface area (Å²) in [5.74, 6) is -3.26. The van der Waals surface area contributed by atoms with Crippen molar-refractivity contribution in [2.75, 3.05) is 34.8 Å². The van der Waals surface area contributed by atoms with Crippen molar-refractivity contribution in [3.63, 3.8) is 0 Å². The quantitative estimate of drug-likeness (QED) is 0.193. The minimum absolute atomic E-state index is 0.0561. The fourth-order valence-corrected chi connectivity index (χ4v) is 5.89. The molecule has 11 nitrogen and oxygen atoms in total. The van der Waals surface area contributed by atoms with Crippen LogP contribution in [-0.2, 0) is 36.9 Å². The molecule has 1 saturated heterocycles. The number of likely N-dealkylation sites (tertiary alicyclic amines) is 1. The summed E-state index contributed by atoms with van der Waals surface area (Å²) in [4.78, 5) is 71.4. The average molecular weight is 664 g/mol. The van der Waals surface area contributed by atoms with E-state index in [1.165, 1.54) is 23.1 Å². The van der Waals surface area contributed by atoms with Crippen LogP contribution in [-0.4, -0.2) is 60.3 Å². The topological polar surface area (TPSA) is 128 Å². The molecule has 4 aromatic carbocycles. The van der Waals surface area contributed by atoms with E-state index >= 15 is 4.39 Å². The summed E-state index contributed by atoms with van der Waals surface area (Å²) in [5.41, 5.74) is 1.96. The lowest BCUT2D eigenvalue weighted by atomic mass is 10.1. The summed E-state index contributed by atoms with van der Waals surface area (Å²) in [6.07, 6.45) is 1.63. The standard InChI is InChI=1S/C37H34FN5O6/c38-28-15-4-5-16-29(28)43-31-18-7-6-17-30(31)42(23-32(44)41-19-8-9-20-41)35(46)34(36(43)47)40-37(48)39-27-14-10-13-26(21-27)22-33(45)49-24-25-11-2-1-3-12-25/h1-7,10-18,21,34H,8-9,19-20,22-24H2,(H2,39,40,48). The van der Waals surface area contributed by atoms with Crippen LogP contribution in [0.25, 0.3) is 0 Å². The van der Waals surface area contributed by atoms with Gasteiger partial charge in [0.05, 0.1) is 23.5 Å². The first-order valence-corrected chi connectivity index (χ1v) is 15.9. The zero-order valence-electron chi connectivity index (χ0n) is 26.5. The molecular weight excluding hydrogens is 629 g/mol. The number of urea groups is 1. The molecule has 49 heavy (non-hydrogen) atoms. The predicted octanol–water partition coefficient (Wildman–Crippen LogP) is 4.94. The van der Waals surface area contributed by atoms with Gasteiger partial charge in [-0.15, -0.1) is 0 Å². The Morgan fingerprint density at radius 3 is 2.14 bits per heavy atom. The number of benzene rings is 4. The fraction of sp³-hybridized carbons (Fsp3) is 0.216. The van der Waals surface area contributed by atoms with Crippen LogP contribution in [0, 0.1) is 5.82 Å². The molecule has 250 valence electrons. The number of amides is 5. The number of halogens is 1. The largest absolute Gasteiger partial charge is 0.461 e. The van der Waals surface area contributed by atoms with Gasteiger partial charge in [-0.25, -0.2) is 9.18 Å². The second-order valence-corrected chi connectivity index (χ2v) is 11.7. The molecule has 2 aliphatic rings. The van der Waals surface area contributed by atoms with Crippen LogP contribution in [0.1, 0.15) is 24.0 Å². The molecule has 0 aliphatic carbocycles. The number of anilines is 4. The van der Waals surface area contributed by atoms with Crippen molar-refractivity contribution < 1.29 is 33.1 Å². The van der Waals surface area contributed by atoms with E-state index in [2.05, 4.69) is 10.6 Å². The fourth-order valence-electron chi connectivity index (χ4n) is 5.89. The summed E-state index contributed by atoms with van der Waals surface area (Å²) in [6, 6.07) is 25.0. The lowest BCUT2D eigenvalue weighted by molar-refractivity contribution is -0.144. The third-order valence-electron chi connectivity index (χ3n) is 8.29. The van der Waals surface area contributed by atoms with E-state index in [4.69, 9.17) is 4.74 Å². The van der Waals surface area contributed by atoms with Gasteiger partial charge >= 0.3 is 12.0 Å². The Balaban J connectivity index is 1.23. The van der Waals surface area contributed by atoms with Gasteiger partial charge in [-0.3, -0.25) is 29.0 Å². The number of para-hydroxylation sites is 3. The smallest absolute Gasteiger partial charge is 0.320 e. The highest BCUT2D eigenvalue weighted by molar-refractivity contribution is 6.24. The lowest BCUT2D eigenvalue weighted by Gasteiger charge is -2.26. The second-order valence-electron chi connectivity index (χ2n) is 11.7. The van der Waals surface area contributed by atoms with Gasteiger partial charge in [-0.05, 0) is 60.4 Å². The average Bonchev–Trinajstić information content (AvgIpc) is 3.64. The highest BCUT2D eigenvalue weighted by atomic mass is 19.1. The van der Waals surface area contributed by atoms with E-state index in [0.29, 0.717) is 18.7 Å². The third-order valence-corrected chi connectivity index (χ3v) is 8.29.